The predicted octanol–water partition coefficient (Wildman–Crippen LogP) is 3.45. The molecule has 3 aromatic rings. The monoisotopic (exact) mass is 505 g/mol. The summed E-state index contributed by atoms with van der Waals surface area (Å²) in [4.78, 5) is 0. The Labute approximate surface area is 218 Å². The molecule has 0 radical (unpaired) electrons. The van der Waals surface area contributed by atoms with Gasteiger partial charge in [-0.05, 0) is 16.7 Å². The van der Waals surface area contributed by atoms with Gasteiger partial charge in [0.05, 0.1) is 33.0 Å². The molecule has 0 unspecified atom stereocenters. The summed E-state index contributed by atoms with van der Waals surface area (Å²) in [7, 11) is 0. The maximum absolute atomic E-state index is 11.3. The molecule has 7 heteroatoms. The van der Waals surface area contributed by atoms with Crippen LogP contribution in [-0.4, -0.2) is 61.6 Å². The standard InChI is InChI=1S/C30H35NO6/c32-27-29(35-19-24-14-8-3-9-15-24)28(34-18-23-12-6-2-7-13-23)26(37-30(27)36-20-25-16-31-25)21-33-17-22-10-4-1-5-11-22/h1-15,25-32H,16-21H2/t25-,26-,27-,28-,29-,30-/m1/s1. The molecule has 6 atom stereocenters. The summed E-state index contributed by atoms with van der Waals surface area (Å²) in [5.41, 5.74) is 3.12. The maximum atomic E-state index is 11.3. The summed E-state index contributed by atoms with van der Waals surface area (Å²) in [5.74, 6) is 0. The quantitative estimate of drug-likeness (QED) is 0.344. The van der Waals surface area contributed by atoms with E-state index in [9.17, 15) is 5.11 Å². The molecule has 7 nitrogen and oxygen atoms in total. The minimum absolute atomic E-state index is 0.272. The minimum Gasteiger partial charge on any atom is -0.385 e. The molecule has 0 aromatic heterocycles. The van der Waals surface area contributed by atoms with E-state index in [0.717, 1.165) is 23.2 Å². The molecule has 5 rings (SSSR count). The molecule has 2 heterocycles. The van der Waals surface area contributed by atoms with Crippen molar-refractivity contribution in [3.63, 3.8) is 0 Å². The van der Waals surface area contributed by atoms with E-state index < -0.39 is 30.7 Å². The lowest BCUT2D eigenvalue weighted by Crippen LogP contribution is -2.61. The molecule has 3 aromatic carbocycles. The van der Waals surface area contributed by atoms with Crippen LogP contribution in [0.15, 0.2) is 91.0 Å². The second-order valence-corrected chi connectivity index (χ2v) is 9.50. The van der Waals surface area contributed by atoms with Gasteiger partial charge >= 0.3 is 0 Å². The van der Waals surface area contributed by atoms with E-state index in [2.05, 4.69) is 5.32 Å². The number of benzene rings is 3. The van der Waals surface area contributed by atoms with Crippen LogP contribution in [0.1, 0.15) is 16.7 Å². The van der Waals surface area contributed by atoms with Crippen LogP contribution in [0.5, 0.6) is 0 Å². The number of ether oxygens (including phenoxy) is 5. The van der Waals surface area contributed by atoms with E-state index in [1.54, 1.807) is 0 Å². The van der Waals surface area contributed by atoms with Crippen molar-refractivity contribution in [1.82, 2.24) is 5.32 Å². The zero-order chi connectivity index (χ0) is 25.3. The largest absolute Gasteiger partial charge is 0.385 e. The number of aliphatic hydroxyl groups is 1. The van der Waals surface area contributed by atoms with Gasteiger partial charge in [0.2, 0.25) is 0 Å². The zero-order valence-corrected chi connectivity index (χ0v) is 20.9. The molecule has 0 saturated carbocycles. The Morgan fingerprint density at radius 2 is 1.19 bits per heavy atom. The molecule has 0 aliphatic carbocycles. The molecule has 2 aliphatic heterocycles. The van der Waals surface area contributed by atoms with Gasteiger partial charge in [-0.25, -0.2) is 0 Å². The number of hydrogen-bond acceptors (Lipinski definition) is 7. The van der Waals surface area contributed by atoms with E-state index in [4.69, 9.17) is 23.7 Å². The van der Waals surface area contributed by atoms with Crippen LogP contribution < -0.4 is 5.32 Å². The highest BCUT2D eigenvalue weighted by molar-refractivity contribution is 5.15. The minimum atomic E-state index is -1.02. The van der Waals surface area contributed by atoms with Crippen molar-refractivity contribution in [2.75, 3.05) is 19.8 Å². The van der Waals surface area contributed by atoms with Crippen molar-refractivity contribution < 1.29 is 28.8 Å². The molecule has 2 N–H and O–H groups in total. The Balaban J connectivity index is 1.32. The number of nitrogens with one attached hydrogen (secondary N) is 1. The van der Waals surface area contributed by atoms with Gasteiger partial charge < -0.3 is 34.1 Å². The SMILES string of the molecule is O[C@H]1[C@H](OC[C@H]2CN2)O[C@H](COCc2ccccc2)[C@@H](OCc2ccccc2)[C@@H]1OCc1ccccc1. The third kappa shape index (κ3) is 7.69. The van der Waals surface area contributed by atoms with Gasteiger partial charge in [0.15, 0.2) is 6.29 Å². The maximum Gasteiger partial charge on any atom is 0.186 e. The predicted molar refractivity (Wildman–Crippen MR) is 139 cm³/mol. The Kier molecular flexibility index (Phi) is 9.32. The normalized spacial score (nSPS) is 27.2. The molecule has 37 heavy (non-hydrogen) atoms. The lowest BCUT2D eigenvalue weighted by Gasteiger charge is -2.44. The van der Waals surface area contributed by atoms with Crippen LogP contribution in [0.3, 0.4) is 0 Å². The van der Waals surface area contributed by atoms with Gasteiger partial charge in [0.25, 0.3) is 0 Å². The van der Waals surface area contributed by atoms with Crippen LogP contribution in [0.25, 0.3) is 0 Å². The molecule has 2 aliphatic rings. The summed E-state index contributed by atoms with van der Waals surface area (Å²) >= 11 is 0. The highest BCUT2D eigenvalue weighted by Crippen LogP contribution is 2.29. The van der Waals surface area contributed by atoms with Gasteiger partial charge in [-0.1, -0.05) is 91.0 Å². The molecule has 0 amide bonds. The fraction of sp³-hybridized carbons (Fsp3) is 0.400. The summed E-state index contributed by atoms with van der Waals surface area (Å²) < 4.78 is 31.0. The molecule has 2 saturated heterocycles. The van der Waals surface area contributed by atoms with Crippen LogP contribution in [0.4, 0.5) is 0 Å². The second kappa shape index (κ2) is 13.3. The Hall–Kier alpha value is -2.62. The van der Waals surface area contributed by atoms with Gasteiger partial charge in [-0.2, -0.15) is 0 Å². The summed E-state index contributed by atoms with van der Waals surface area (Å²) in [6, 6.07) is 30.1. The zero-order valence-electron chi connectivity index (χ0n) is 20.9. The van der Waals surface area contributed by atoms with Crippen LogP contribution in [0.2, 0.25) is 0 Å². The number of aliphatic hydroxyl groups excluding tert-OH is 1. The first-order valence-electron chi connectivity index (χ1n) is 12.9. The van der Waals surface area contributed by atoms with E-state index in [1.165, 1.54) is 0 Å². The highest BCUT2D eigenvalue weighted by atomic mass is 16.7. The van der Waals surface area contributed by atoms with E-state index >= 15 is 0 Å². The average molecular weight is 506 g/mol. The van der Waals surface area contributed by atoms with Crippen LogP contribution >= 0.6 is 0 Å². The fourth-order valence-corrected chi connectivity index (χ4v) is 4.37. The smallest absolute Gasteiger partial charge is 0.186 e. The molecule has 0 spiro atoms. The number of rotatable bonds is 13. The van der Waals surface area contributed by atoms with Gasteiger partial charge in [0.1, 0.15) is 24.4 Å². The van der Waals surface area contributed by atoms with Crippen molar-refractivity contribution >= 4 is 0 Å². The van der Waals surface area contributed by atoms with Gasteiger partial charge in [0, 0.05) is 12.6 Å². The summed E-state index contributed by atoms with van der Waals surface area (Å²) in [6.45, 7) is 2.78. The Morgan fingerprint density at radius 1 is 0.676 bits per heavy atom. The Bertz CT molecular complexity index is 1050. The van der Waals surface area contributed by atoms with Gasteiger partial charge in [-0.3, -0.25) is 0 Å². The van der Waals surface area contributed by atoms with E-state index in [1.807, 2.05) is 91.0 Å². The first kappa shape index (κ1) is 26.0. The molecular formula is C30H35NO6. The van der Waals surface area contributed by atoms with Crippen molar-refractivity contribution in [2.45, 2.75) is 56.6 Å². The van der Waals surface area contributed by atoms with Crippen LogP contribution in [-0.2, 0) is 43.5 Å². The average Bonchev–Trinajstić information content (AvgIpc) is 3.78. The first-order chi connectivity index (χ1) is 18.3. The first-order valence-corrected chi connectivity index (χ1v) is 12.9. The Morgan fingerprint density at radius 3 is 1.73 bits per heavy atom. The lowest BCUT2D eigenvalue weighted by molar-refractivity contribution is -0.318. The topological polar surface area (TPSA) is 88.3 Å². The summed E-state index contributed by atoms with van der Waals surface area (Å²) in [5, 5.41) is 14.5. The van der Waals surface area contributed by atoms with Gasteiger partial charge in [-0.15, -0.1) is 0 Å². The van der Waals surface area contributed by atoms with Crippen molar-refractivity contribution in [1.29, 1.82) is 0 Å². The fourth-order valence-electron chi connectivity index (χ4n) is 4.37. The van der Waals surface area contributed by atoms with Crippen molar-refractivity contribution in [3.05, 3.63) is 108 Å². The lowest BCUT2D eigenvalue weighted by atomic mass is 9.98. The molecule has 0 bridgehead atoms. The molecule has 2 fully saturated rings. The summed E-state index contributed by atoms with van der Waals surface area (Å²) in [6.07, 6.45) is -3.58. The third-order valence-corrected chi connectivity index (χ3v) is 6.53. The van der Waals surface area contributed by atoms with Crippen LogP contribution in [0, 0.1) is 0 Å². The van der Waals surface area contributed by atoms with Crippen molar-refractivity contribution in [2.24, 2.45) is 0 Å². The van der Waals surface area contributed by atoms with E-state index in [-0.39, 0.29) is 6.61 Å². The third-order valence-electron chi connectivity index (χ3n) is 6.53. The van der Waals surface area contributed by atoms with Crippen molar-refractivity contribution in [3.8, 4) is 0 Å². The van der Waals surface area contributed by atoms with E-state index in [0.29, 0.717) is 32.5 Å². The second-order valence-electron chi connectivity index (χ2n) is 9.50. The highest BCUT2D eigenvalue weighted by Gasteiger charge is 2.48. The molecular weight excluding hydrogens is 470 g/mol. The number of hydrogen-bond donors (Lipinski definition) is 2. The molecule has 196 valence electrons.